The molecule has 0 saturated carbocycles. The maximum absolute atomic E-state index is 3.45. The Kier molecular flexibility index (Phi) is 3.96. The number of rotatable bonds is 3. The van der Waals surface area contributed by atoms with Crippen molar-refractivity contribution in [2.24, 2.45) is 5.92 Å². The summed E-state index contributed by atoms with van der Waals surface area (Å²) in [6.45, 7) is 4.77. The Balaban J connectivity index is 1.60. The molecule has 2 N–H and O–H groups in total. The standard InChI is InChI=1S/C16H24N2/c1-3-15(16-6-9-17-10-7-16)4-2-13(1)11-14-5-8-18-12-14/h1-4,14,16-18H,5-12H2. The number of hydrogen-bond acceptors (Lipinski definition) is 2. The lowest BCUT2D eigenvalue weighted by atomic mass is 9.89. The van der Waals surface area contributed by atoms with Crippen LogP contribution < -0.4 is 10.6 Å². The van der Waals surface area contributed by atoms with Crippen LogP contribution >= 0.6 is 0 Å². The summed E-state index contributed by atoms with van der Waals surface area (Å²) in [7, 11) is 0. The van der Waals surface area contributed by atoms with E-state index in [2.05, 4.69) is 34.9 Å². The van der Waals surface area contributed by atoms with Gasteiger partial charge in [0.1, 0.15) is 0 Å². The lowest BCUT2D eigenvalue weighted by Crippen LogP contribution is -2.26. The second-order valence-corrected chi connectivity index (χ2v) is 5.83. The normalized spacial score (nSPS) is 25.4. The fourth-order valence-electron chi connectivity index (χ4n) is 3.30. The molecule has 2 aliphatic rings. The molecule has 0 spiro atoms. The summed E-state index contributed by atoms with van der Waals surface area (Å²) in [4.78, 5) is 0. The van der Waals surface area contributed by atoms with Crippen molar-refractivity contribution < 1.29 is 0 Å². The van der Waals surface area contributed by atoms with Crippen molar-refractivity contribution in [1.82, 2.24) is 10.6 Å². The molecule has 2 aliphatic heterocycles. The monoisotopic (exact) mass is 244 g/mol. The molecule has 1 aromatic carbocycles. The van der Waals surface area contributed by atoms with Gasteiger partial charge in [0.15, 0.2) is 0 Å². The first kappa shape index (κ1) is 12.2. The Bertz CT molecular complexity index is 359. The fourth-order valence-corrected chi connectivity index (χ4v) is 3.30. The van der Waals surface area contributed by atoms with Crippen molar-refractivity contribution in [2.45, 2.75) is 31.6 Å². The molecule has 1 atom stereocenters. The molecule has 1 aromatic rings. The second kappa shape index (κ2) is 5.85. The topological polar surface area (TPSA) is 24.1 Å². The van der Waals surface area contributed by atoms with Crippen LogP contribution in [0.25, 0.3) is 0 Å². The summed E-state index contributed by atoms with van der Waals surface area (Å²) in [6, 6.07) is 9.45. The van der Waals surface area contributed by atoms with E-state index in [9.17, 15) is 0 Å². The van der Waals surface area contributed by atoms with Crippen LogP contribution in [0.2, 0.25) is 0 Å². The molecule has 2 saturated heterocycles. The van der Waals surface area contributed by atoms with E-state index in [1.165, 1.54) is 57.4 Å². The molecule has 2 heteroatoms. The number of nitrogens with one attached hydrogen (secondary N) is 2. The van der Waals surface area contributed by atoms with Gasteiger partial charge in [0, 0.05) is 0 Å². The maximum atomic E-state index is 3.45. The minimum absolute atomic E-state index is 0.786. The van der Waals surface area contributed by atoms with Gasteiger partial charge in [-0.2, -0.15) is 0 Å². The van der Waals surface area contributed by atoms with Gasteiger partial charge in [-0.25, -0.2) is 0 Å². The molecule has 0 bridgehead atoms. The van der Waals surface area contributed by atoms with Gasteiger partial charge < -0.3 is 10.6 Å². The van der Waals surface area contributed by atoms with E-state index in [0.717, 1.165) is 11.8 Å². The van der Waals surface area contributed by atoms with Crippen molar-refractivity contribution in [3.63, 3.8) is 0 Å². The Morgan fingerprint density at radius 1 is 0.889 bits per heavy atom. The Morgan fingerprint density at radius 3 is 2.28 bits per heavy atom. The highest BCUT2D eigenvalue weighted by Crippen LogP contribution is 2.26. The van der Waals surface area contributed by atoms with E-state index in [1.807, 2.05) is 0 Å². The zero-order chi connectivity index (χ0) is 12.2. The van der Waals surface area contributed by atoms with Crippen LogP contribution in [0.4, 0.5) is 0 Å². The minimum Gasteiger partial charge on any atom is -0.317 e. The van der Waals surface area contributed by atoms with Gasteiger partial charge in [0.25, 0.3) is 0 Å². The smallest absolute Gasteiger partial charge is 0.00169 e. The Hall–Kier alpha value is -0.860. The number of benzene rings is 1. The predicted octanol–water partition coefficient (Wildman–Crippen LogP) is 2.31. The second-order valence-electron chi connectivity index (χ2n) is 5.83. The molecular weight excluding hydrogens is 220 g/mol. The zero-order valence-electron chi connectivity index (χ0n) is 11.1. The van der Waals surface area contributed by atoms with Gasteiger partial charge in [-0.15, -0.1) is 0 Å². The van der Waals surface area contributed by atoms with Crippen LogP contribution in [0, 0.1) is 5.92 Å². The largest absolute Gasteiger partial charge is 0.317 e. The van der Waals surface area contributed by atoms with Crippen LogP contribution in [0.15, 0.2) is 24.3 Å². The molecule has 1 unspecified atom stereocenters. The van der Waals surface area contributed by atoms with Gasteiger partial charge in [-0.3, -0.25) is 0 Å². The van der Waals surface area contributed by atoms with Crippen LogP contribution in [0.5, 0.6) is 0 Å². The van der Waals surface area contributed by atoms with E-state index in [0.29, 0.717) is 0 Å². The average Bonchev–Trinajstić information content (AvgIpc) is 2.94. The molecule has 3 rings (SSSR count). The summed E-state index contributed by atoms with van der Waals surface area (Å²) in [5.41, 5.74) is 3.06. The van der Waals surface area contributed by atoms with Gasteiger partial charge in [0.2, 0.25) is 0 Å². The molecule has 0 amide bonds. The quantitative estimate of drug-likeness (QED) is 0.852. The Morgan fingerprint density at radius 2 is 1.61 bits per heavy atom. The van der Waals surface area contributed by atoms with Crippen molar-refractivity contribution >= 4 is 0 Å². The first-order valence-corrected chi connectivity index (χ1v) is 7.42. The summed E-state index contributed by atoms with van der Waals surface area (Å²) in [5.74, 6) is 1.64. The predicted molar refractivity (Wildman–Crippen MR) is 76.0 cm³/mol. The van der Waals surface area contributed by atoms with E-state index >= 15 is 0 Å². The van der Waals surface area contributed by atoms with Gasteiger partial charge in [-0.1, -0.05) is 24.3 Å². The molecule has 2 fully saturated rings. The van der Waals surface area contributed by atoms with Gasteiger partial charge >= 0.3 is 0 Å². The van der Waals surface area contributed by atoms with Crippen molar-refractivity contribution in [2.75, 3.05) is 26.2 Å². The van der Waals surface area contributed by atoms with Crippen molar-refractivity contribution in [1.29, 1.82) is 0 Å². The first-order valence-electron chi connectivity index (χ1n) is 7.42. The zero-order valence-corrected chi connectivity index (χ0v) is 11.1. The van der Waals surface area contributed by atoms with Crippen LogP contribution in [-0.4, -0.2) is 26.2 Å². The van der Waals surface area contributed by atoms with E-state index in [-0.39, 0.29) is 0 Å². The van der Waals surface area contributed by atoms with E-state index in [4.69, 9.17) is 0 Å². The van der Waals surface area contributed by atoms with Crippen LogP contribution in [0.1, 0.15) is 36.3 Å². The molecule has 98 valence electrons. The third kappa shape index (κ3) is 2.93. The number of hydrogen-bond donors (Lipinski definition) is 2. The molecule has 18 heavy (non-hydrogen) atoms. The average molecular weight is 244 g/mol. The van der Waals surface area contributed by atoms with E-state index in [1.54, 1.807) is 5.56 Å². The summed E-state index contributed by atoms with van der Waals surface area (Å²) in [6.07, 6.45) is 5.19. The minimum atomic E-state index is 0.786. The van der Waals surface area contributed by atoms with Crippen molar-refractivity contribution in [3.05, 3.63) is 35.4 Å². The van der Waals surface area contributed by atoms with Crippen molar-refractivity contribution in [3.8, 4) is 0 Å². The fraction of sp³-hybridized carbons (Fsp3) is 0.625. The summed E-state index contributed by atoms with van der Waals surface area (Å²) < 4.78 is 0. The molecule has 0 aromatic heterocycles. The highest BCUT2D eigenvalue weighted by molar-refractivity contribution is 5.26. The molecule has 0 radical (unpaired) electrons. The third-order valence-electron chi connectivity index (χ3n) is 4.48. The van der Waals surface area contributed by atoms with E-state index < -0.39 is 0 Å². The molecule has 0 aliphatic carbocycles. The SMILES string of the molecule is c1cc(C2CCNCC2)ccc1CC1CCNC1. The van der Waals surface area contributed by atoms with Gasteiger partial charge in [-0.05, 0) is 74.8 Å². The molecule has 2 nitrogen and oxygen atoms in total. The third-order valence-corrected chi connectivity index (χ3v) is 4.48. The first-order chi connectivity index (χ1) is 8.92. The highest BCUT2D eigenvalue weighted by atomic mass is 14.9. The number of piperidine rings is 1. The Labute approximate surface area is 110 Å². The van der Waals surface area contributed by atoms with Crippen LogP contribution in [-0.2, 0) is 6.42 Å². The lowest BCUT2D eigenvalue weighted by Gasteiger charge is -2.23. The summed E-state index contributed by atoms with van der Waals surface area (Å²) >= 11 is 0. The molecule has 2 heterocycles. The maximum Gasteiger partial charge on any atom is -0.00169 e. The molecular formula is C16H24N2. The highest BCUT2D eigenvalue weighted by Gasteiger charge is 2.16. The van der Waals surface area contributed by atoms with Crippen LogP contribution in [0.3, 0.4) is 0 Å². The van der Waals surface area contributed by atoms with Gasteiger partial charge in [0.05, 0.1) is 0 Å². The lowest BCUT2D eigenvalue weighted by molar-refractivity contribution is 0.460. The summed E-state index contributed by atoms with van der Waals surface area (Å²) in [5, 5.41) is 6.89.